The maximum atomic E-state index is 14.1. The normalized spacial score (nSPS) is 15.0. The smallest absolute Gasteiger partial charge is 0.328 e. The topological polar surface area (TPSA) is 135 Å². The summed E-state index contributed by atoms with van der Waals surface area (Å²) >= 11 is 12.2. The van der Waals surface area contributed by atoms with Crippen LogP contribution in [0.15, 0.2) is 65.7 Å². The molecule has 1 unspecified atom stereocenters. The zero-order valence-corrected chi connectivity index (χ0v) is 25.9. The number of fused-ring (bicyclic) bond motifs is 1. The number of carboxylic acid groups (broad SMARTS) is 1. The second kappa shape index (κ2) is 11.8. The molecule has 1 amide bonds. The van der Waals surface area contributed by atoms with Crippen LogP contribution in [0.4, 0.5) is 5.69 Å². The fourth-order valence-electron chi connectivity index (χ4n) is 5.00. The van der Waals surface area contributed by atoms with E-state index in [-0.39, 0.29) is 32.2 Å². The molecular formula is C29H29Cl2N5O6S. The molecule has 1 fully saturated rings. The Morgan fingerprint density at radius 1 is 0.977 bits per heavy atom. The maximum absolute atomic E-state index is 14.1. The minimum absolute atomic E-state index is 0.0972. The van der Waals surface area contributed by atoms with Crippen molar-refractivity contribution in [1.29, 1.82) is 0 Å². The minimum Gasteiger partial charge on any atom is -0.480 e. The molecule has 4 aromatic rings. The van der Waals surface area contributed by atoms with Gasteiger partial charge in [0.05, 0.1) is 29.3 Å². The average Bonchev–Trinajstić information content (AvgIpc) is 3.38. The van der Waals surface area contributed by atoms with Gasteiger partial charge in [-0.3, -0.25) is 13.7 Å². The molecule has 1 aliphatic rings. The lowest BCUT2D eigenvalue weighted by molar-refractivity contribution is -0.140. The number of benzene rings is 2. The van der Waals surface area contributed by atoms with Crippen molar-refractivity contribution in [2.75, 3.05) is 30.6 Å². The number of carbonyl (C=O) groups is 2. The van der Waals surface area contributed by atoms with Crippen LogP contribution in [-0.2, 0) is 19.6 Å². The molecule has 1 saturated heterocycles. The first kappa shape index (κ1) is 30.7. The van der Waals surface area contributed by atoms with Crippen molar-refractivity contribution >= 4 is 61.7 Å². The third-order valence-electron chi connectivity index (χ3n) is 7.02. The summed E-state index contributed by atoms with van der Waals surface area (Å²) in [6.45, 7) is 6.89. The molecule has 5 rings (SSSR count). The van der Waals surface area contributed by atoms with E-state index in [0.717, 1.165) is 4.31 Å². The van der Waals surface area contributed by atoms with E-state index < -0.39 is 27.4 Å². The maximum Gasteiger partial charge on any atom is 0.328 e. The first-order chi connectivity index (χ1) is 20.3. The first-order valence-electron chi connectivity index (χ1n) is 13.3. The fraction of sp³-hybridized carbons (Fsp3) is 0.310. The second-order valence-corrected chi connectivity index (χ2v) is 13.8. The van der Waals surface area contributed by atoms with E-state index >= 15 is 0 Å². The average molecular weight is 647 g/mol. The fourth-order valence-corrected chi connectivity index (χ4v) is 7.51. The number of aliphatic carboxylic acids is 1. The highest BCUT2D eigenvalue weighted by molar-refractivity contribution is 7.93. The van der Waals surface area contributed by atoms with Crippen LogP contribution in [0.3, 0.4) is 0 Å². The van der Waals surface area contributed by atoms with Gasteiger partial charge >= 0.3 is 5.97 Å². The summed E-state index contributed by atoms with van der Waals surface area (Å²) in [6, 6.07) is 12.2. The Hall–Kier alpha value is -3.71. The monoisotopic (exact) mass is 645 g/mol. The number of morpholine rings is 1. The van der Waals surface area contributed by atoms with Crippen LogP contribution in [0.2, 0.25) is 10.0 Å². The lowest BCUT2D eigenvalue weighted by Crippen LogP contribution is -2.52. The summed E-state index contributed by atoms with van der Waals surface area (Å²) in [5, 5.41) is 19.5. The summed E-state index contributed by atoms with van der Waals surface area (Å²) < 4.78 is 36.1. The molecule has 1 N–H and O–H groups in total. The SMILES string of the molecule is CC(C)(C)C(C(=O)O)N(c1ccc2c(ccn2-c2ccc(C(=O)N3CCOCC3)nn2)c1)S(=O)(=O)c1cc(Cl)cc(Cl)c1. The molecule has 0 saturated carbocycles. The van der Waals surface area contributed by atoms with Crippen molar-refractivity contribution in [2.24, 2.45) is 5.41 Å². The molecule has 2 aromatic carbocycles. The Morgan fingerprint density at radius 3 is 2.23 bits per heavy atom. The van der Waals surface area contributed by atoms with Gasteiger partial charge in [0.25, 0.3) is 15.9 Å². The Labute approximate surface area is 258 Å². The van der Waals surface area contributed by atoms with Crippen LogP contribution < -0.4 is 4.31 Å². The number of carboxylic acids is 1. The lowest BCUT2D eigenvalue weighted by Gasteiger charge is -2.37. The Kier molecular flexibility index (Phi) is 8.41. The van der Waals surface area contributed by atoms with Gasteiger partial charge in [-0.05, 0) is 60.0 Å². The molecule has 0 spiro atoms. The molecule has 2 aromatic heterocycles. The highest BCUT2D eigenvalue weighted by Crippen LogP contribution is 2.37. The van der Waals surface area contributed by atoms with Crippen molar-refractivity contribution in [2.45, 2.75) is 31.7 Å². The van der Waals surface area contributed by atoms with Crippen molar-refractivity contribution in [3.63, 3.8) is 0 Å². The summed E-state index contributed by atoms with van der Waals surface area (Å²) in [6.07, 6.45) is 1.73. The first-order valence-corrected chi connectivity index (χ1v) is 15.5. The number of carbonyl (C=O) groups excluding carboxylic acids is 1. The second-order valence-electron chi connectivity index (χ2n) is 11.1. The summed E-state index contributed by atoms with van der Waals surface area (Å²) in [5.41, 5.74) is 0.0172. The van der Waals surface area contributed by atoms with Gasteiger partial charge in [-0.2, -0.15) is 0 Å². The van der Waals surface area contributed by atoms with Gasteiger partial charge in [0.15, 0.2) is 11.5 Å². The molecule has 1 atom stereocenters. The van der Waals surface area contributed by atoms with Gasteiger partial charge in [0, 0.05) is 34.7 Å². The number of anilines is 1. The van der Waals surface area contributed by atoms with E-state index in [1.807, 2.05) is 0 Å². The highest BCUT2D eigenvalue weighted by atomic mass is 35.5. The van der Waals surface area contributed by atoms with Gasteiger partial charge in [-0.15, -0.1) is 10.2 Å². The molecule has 0 radical (unpaired) electrons. The van der Waals surface area contributed by atoms with Crippen molar-refractivity contribution in [1.82, 2.24) is 19.7 Å². The quantitative estimate of drug-likeness (QED) is 0.300. The lowest BCUT2D eigenvalue weighted by atomic mass is 9.86. The van der Waals surface area contributed by atoms with Crippen LogP contribution in [0.5, 0.6) is 0 Å². The Balaban J connectivity index is 1.55. The molecule has 226 valence electrons. The van der Waals surface area contributed by atoms with Crippen LogP contribution in [0.1, 0.15) is 31.3 Å². The summed E-state index contributed by atoms with van der Waals surface area (Å²) in [7, 11) is -4.45. The van der Waals surface area contributed by atoms with Gasteiger partial charge in [-0.1, -0.05) is 44.0 Å². The standard InChI is InChI=1S/C29H29Cl2N5O6S/c1-29(2,3)26(28(38)39)36(43(40,41)22-16-19(30)15-20(31)17-22)21-4-6-24-18(14-21)8-9-35(24)25-7-5-23(32-33-25)27(37)34-10-12-42-13-11-34/h4-9,14-17,26H,10-13H2,1-3H3,(H,38,39). The predicted molar refractivity (Wildman–Crippen MR) is 163 cm³/mol. The predicted octanol–water partition coefficient (Wildman–Crippen LogP) is 4.89. The summed E-state index contributed by atoms with van der Waals surface area (Å²) in [4.78, 5) is 26.8. The number of halogens is 2. The van der Waals surface area contributed by atoms with Gasteiger partial charge < -0.3 is 14.7 Å². The molecule has 11 nitrogen and oxygen atoms in total. The van der Waals surface area contributed by atoms with E-state index in [1.54, 1.807) is 66.8 Å². The molecule has 3 heterocycles. The largest absolute Gasteiger partial charge is 0.480 e. The number of aromatic nitrogens is 3. The number of ether oxygens (including phenoxy) is 1. The van der Waals surface area contributed by atoms with Crippen molar-refractivity contribution in [3.05, 3.63) is 76.5 Å². The zero-order chi connectivity index (χ0) is 31.1. The molecular weight excluding hydrogens is 617 g/mol. The number of hydrogen-bond donors (Lipinski definition) is 1. The third-order valence-corrected chi connectivity index (χ3v) is 9.23. The van der Waals surface area contributed by atoms with E-state index in [1.165, 1.54) is 24.3 Å². The Bertz CT molecular complexity index is 1780. The van der Waals surface area contributed by atoms with Gasteiger partial charge in [0.2, 0.25) is 0 Å². The number of nitrogens with zero attached hydrogens (tertiary/aromatic N) is 5. The van der Waals surface area contributed by atoms with Crippen LogP contribution in [0, 0.1) is 5.41 Å². The zero-order valence-electron chi connectivity index (χ0n) is 23.6. The number of sulfonamides is 1. The third kappa shape index (κ3) is 6.19. The van der Waals surface area contributed by atoms with Gasteiger partial charge in [-0.25, -0.2) is 13.2 Å². The number of hydrogen-bond acceptors (Lipinski definition) is 7. The van der Waals surface area contributed by atoms with Crippen LogP contribution >= 0.6 is 23.2 Å². The van der Waals surface area contributed by atoms with Crippen molar-refractivity contribution in [3.8, 4) is 5.82 Å². The molecule has 1 aliphatic heterocycles. The van der Waals surface area contributed by atoms with E-state index in [0.29, 0.717) is 43.0 Å². The molecule has 0 bridgehead atoms. The van der Waals surface area contributed by atoms with E-state index in [4.69, 9.17) is 27.9 Å². The molecule has 14 heteroatoms. The van der Waals surface area contributed by atoms with Crippen LogP contribution in [-0.4, -0.2) is 77.4 Å². The van der Waals surface area contributed by atoms with Crippen LogP contribution in [0.25, 0.3) is 16.7 Å². The molecule has 0 aliphatic carbocycles. The summed E-state index contributed by atoms with van der Waals surface area (Å²) in [5.74, 6) is -1.10. The van der Waals surface area contributed by atoms with Crippen molar-refractivity contribution < 1.29 is 27.9 Å². The molecule has 43 heavy (non-hydrogen) atoms. The minimum atomic E-state index is -4.45. The Morgan fingerprint density at radius 2 is 1.65 bits per heavy atom. The number of amides is 1. The number of rotatable bonds is 7. The van der Waals surface area contributed by atoms with E-state index in [9.17, 15) is 23.1 Å². The van der Waals surface area contributed by atoms with Gasteiger partial charge in [0.1, 0.15) is 6.04 Å². The van der Waals surface area contributed by atoms with E-state index in [2.05, 4.69) is 10.2 Å². The highest BCUT2D eigenvalue weighted by Gasteiger charge is 2.43.